The Morgan fingerprint density at radius 3 is 2.76 bits per heavy atom. The molecule has 0 atom stereocenters. The molecule has 0 aromatic carbocycles. The molecule has 0 amide bonds. The summed E-state index contributed by atoms with van der Waals surface area (Å²) in [6, 6.07) is 1.55. The summed E-state index contributed by atoms with van der Waals surface area (Å²) in [4.78, 5) is 18.7. The van der Waals surface area contributed by atoms with Gasteiger partial charge in [0.05, 0.1) is 11.4 Å². The molecule has 0 aliphatic carbocycles. The highest BCUT2D eigenvalue weighted by Gasteiger charge is 2.11. The second-order valence-electron chi connectivity index (χ2n) is 4.86. The molecule has 2 N–H and O–H groups in total. The van der Waals surface area contributed by atoms with Gasteiger partial charge in [-0.2, -0.15) is 0 Å². The summed E-state index contributed by atoms with van der Waals surface area (Å²) in [5.74, 6) is 1.49. The number of aromatic amines is 1. The van der Waals surface area contributed by atoms with E-state index in [1.807, 2.05) is 6.92 Å². The zero-order valence-electron chi connectivity index (χ0n) is 11.0. The summed E-state index contributed by atoms with van der Waals surface area (Å²) < 4.78 is 0.177. The topological polar surface area (TPSA) is 57.8 Å². The van der Waals surface area contributed by atoms with Crippen LogP contribution in [-0.2, 0) is 12.3 Å². The van der Waals surface area contributed by atoms with Crippen molar-refractivity contribution in [3.63, 3.8) is 0 Å². The Morgan fingerprint density at radius 2 is 2.18 bits per heavy atom. The first kappa shape index (κ1) is 14.3. The van der Waals surface area contributed by atoms with E-state index >= 15 is 0 Å². The van der Waals surface area contributed by atoms with E-state index in [1.54, 1.807) is 17.8 Å². The SMILES string of the molecule is CCNCc1cc(=O)[nH]c(CSC(C)(C)C)n1. The highest BCUT2D eigenvalue weighted by molar-refractivity contribution is 7.99. The Labute approximate surface area is 107 Å². The van der Waals surface area contributed by atoms with Gasteiger partial charge in [-0.05, 0) is 6.54 Å². The van der Waals surface area contributed by atoms with Crippen LogP contribution in [-0.4, -0.2) is 21.3 Å². The van der Waals surface area contributed by atoms with Gasteiger partial charge in [0.25, 0.3) is 5.56 Å². The van der Waals surface area contributed by atoms with Gasteiger partial charge >= 0.3 is 0 Å². The predicted molar refractivity (Wildman–Crippen MR) is 73.3 cm³/mol. The zero-order chi connectivity index (χ0) is 12.9. The van der Waals surface area contributed by atoms with Gasteiger partial charge in [-0.15, -0.1) is 11.8 Å². The third-order valence-corrected chi connectivity index (χ3v) is 3.33. The molecule has 0 aliphatic rings. The van der Waals surface area contributed by atoms with Gasteiger partial charge in [0.2, 0.25) is 0 Å². The van der Waals surface area contributed by atoms with Gasteiger partial charge in [-0.1, -0.05) is 27.7 Å². The second-order valence-corrected chi connectivity index (χ2v) is 6.67. The van der Waals surface area contributed by atoms with Crippen molar-refractivity contribution in [1.29, 1.82) is 0 Å². The Balaban J connectivity index is 2.72. The molecule has 5 heteroatoms. The summed E-state index contributed by atoms with van der Waals surface area (Å²) in [5, 5.41) is 3.17. The molecule has 1 aromatic heterocycles. The number of thioether (sulfide) groups is 1. The average Bonchev–Trinajstić information content (AvgIpc) is 2.22. The van der Waals surface area contributed by atoms with E-state index in [-0.39, 0.29) is 10.3 Å². The van der Waals surface area contributed by atoms with Crippen LogP contribution in [0.3, 0.4) is 0 Å². The van der Waals surface area contributed by atoms with Crippen LogP contribution in [0, 0.1) is 0 Å². The number of rotatable bonds is 5. The maximum Gasteiger partial charge on any atom is 0.251 e. The lowest BCUT2D eigenvalue weighted by Crippen LogP contribution is -2.19. The lowest BCUT2D eigenvalue weighted by molar-refractivity contribution is 0.702. The number of aromatic nitrogens is 2. The molecule has 96 valence electrons. The van der Waals surface area contributed by atoms with Crippen molar-refractivity contribution in [3.05, 3.63) is 27.9 Å². The first-order valence-electron chi connectivity index (χ1n) is 5.84. The van der Waals surface area contributed by atoms with Crippen LogP contribution in [0.5, 0.6) is 0 Å². The molecule has 0 saturated heterocycles. The Bertz CT molecular complexity index is 409. The Hall–Kier alpha value is -0.810. The molecule has 0 saturated carbocycles. The van der Waals surface area contributed by atoms with Crippen LogP contribution in [0.15, 0.2) is 10.9 Å². The molecule has 1 rings (SSSR count). The van der Waals surface area contributed by atoms with E-state index in [9.17, 15) is 4.79 Å². The molecule has 0 radical (unpaired) electrons. The van der Waals surface area contributed by atoms with Gasteiger partial charge in [0.1, 0.15) is 5.82 Å². The Kier molecular flexibility index (Phi) is 5.21. The molecular weight excluding hydrogens is 234 g/mol. The van der Waals surface area contributed by atoms with Crippen molar-refractivity contribution < 1.29 is 0 Å². The third-order valence-electron chi connectivity index (χ3n) is 2.04. The minimum Gasteiger partial charge on any atom is -0.311 e. The van der Waals surface area contributed by atoms with E-state index < -0.39 is 0 Å². The van der Waals surface area contributed by atoms with Crippen LogP contribution >= 0.6 is 11.8 Å². The summed E-state index contributed by atoms with van der Waals surface area (Å²) >= 11 is 1.77. The van der Waals surface area contributed by atoms with Crippen molar-refractivity contribution in [3.8, 4) is 0 Å². The lowest BCUT2D eigenvalue weighted by Gasteiger charge is -2.17. The minimum absolute atomic E-state index is 0.0718. The number of H-pyrrole nitrogens is 1. The van der Waals surface area contributed by atoms with Crippen molar-refractivity contribution >= 4 is 11.8 Å². The molecule has 1 heterocycles. The van der Waals surface area contributed by atoms with Crippen LogP contribution in [0.25, 0.3) is 0 Å². The van der Waals surface area contributed by atoms with E-state index in [4.69, 9.17) is 0 Å². The molecule has 0 unspecified atom stereocenters. The molecule has 17 heavy (non-hydrogen) atoms. The summed E-state index contributed by atoms with van der Waals surface area (Å²) in [6.45, 7) is 10.0. The summed E-state index contributed by atoms with van der Waals surface area (Å²) in [6.07, 6.45) is 0. The number of nitrogens with zero attached hydrogens (tertiary/aromatic N) is 1. The molecule has 4 nitrogen and oxygen atoms in total. The van der Waals surface area contributed by atoms with Crippen molar-refractivity contribution in [2.24, 2.45) is 0 Å². The molecule has 0 bridgehead atoms. The molecular formula is C12H21N3OS. The largest absolute Gasteiger partial charge is 0.311 e. The highest BCUT2D eigenvalue weighted by atomic mass is 32.2. The number of hydrogen-bond acceptors (Lipinski definition) is 4. The molecule has 0 aliphatic heterocycles. The molecule has 0 spiro atoms. The van der Waals surface area contributed by atoms with E-state index in [2.05, 4.69) is 36.1 Å². The van der Waals surface area contributed by atoms with Crippen LogP contribution in [0.2, 0.25) is 0 Å². The zero-order valence-corrected chi connectivity index (χ0v) is 11.8. The minimum atomic E-state index is -0.0718. The fourth-order valence-corrected chi connectivity index (χ4v) is 1.97. The third kappa shape index (κ3) is 5.89. The second kappa shape index (κ2) is 6.21. The highest BCUT2D eigenvalue weighted by Crippen LogP contribution is 2.25. The van der Waals surface area contributed by atoms with E-state index in [0.29, 0.717) is 6.54 Å². The van der Waals surface area contributed by atoms with E-state index in [1.165, 1.54) is 0 Å². The number of nitrogens with one attached hydrogen (secondary N) is 2. The smallest absolute Gasteiger partial charge is 0.251 e. The number of hydrogen-bond donors (Lipinski definition) is 2. The van der Waals surface area contributed by atoms with Gasteiger partial charge < -0.3 is 10.3 Å². The average molecular weight is 255 g/mol. The van der Waals surface area contributed by atoms with Crippen molar-refractivity contribution in [1.82, 2.24) is 15.3 Å². The Morgan fingerprint density at radius 1 is 1.47 bits per heavy atom. The fraction of sp³-hybridized carbons (Fsp3) is 0.667. The van der Waals surface area contributed by atoms with Gasteiger partial charge in [-0.25, -0.2) is 4.98 Å². The first-order chi connectivity index (χ1) is 7.90. The van der Waals surface area contributed by atoms with Gasteiger partial charge in [0.15, 0.2) is 0 Å². The normalized spacial score (nSPS) is 11.8. The maximum absolute atomic E-state index is 11.5. The maximum atomic E-state index is 11.5. The van der Waals surface area contributed by atoms with Crippen LogP contribution < -0.4 is 10.9 Å². The van der Waals surface area contributed by atoms with Crippen molar-refractivity contribution in [2.45, 2.75) is 44.7 Å². The van der Waals surface area contributed by atoms with Crippen molar-refractivity contribution in [2.75, 3.05) is 6.54 Å². The van der Waals surface area contributed by atoms with Crippen LogP contribution in [0.1, 0.15) is 39.2 Å². The first-order valence-corrected chi connectivity index (χ1v) is 6.83. The summed E-state index contributed by atoms with van der Waals surface area (Å²) in [5.41, 5.74) is 0.734. The molecule has 0 fully saturated rings. The van der Waals surface area contributed by atoms with Crippen LogP contribution in [0.4, 0.5) is 0 Å². The standard InChI is InChI=1S/C12H21N3OS/c1-5-13-7-9-6-11(16)15-10(14-9)8-17-12(2,3)4/h6,13H,5,7-8H2,1-4H3,(H,14,15,16). The predicted octanol–water partition coefficient (Wildman–Crippen LogP) is 1.91. The summed E-state index contributed by atoms with van der Waals surface area (Å²) in [7, 11) is 0. The van der Waals surface area contributed by atoms with E-state index in [0.717, 1.165) is 23.8 Å². The van der Waals surface area contributed by atoms with Gasteiger partial charge in [-0.3, -0.25) is 4.79 Å². The lowest BCUT2D eigenvalue weighted by atomic mass is 10.3. The monoisotopic (exact) mass is 255 g/mol. The quantitative estimate of drug-likeness (QED) is 0.844. The fourth-order valence-electron chi connectivity index (χ4n) is 1.26. The van der Waals surface area contributed by atoms with Gasteiger partial charge in [0, 0.05) is 17.4 Å². The molecule has 1 aromatic rings.